The molecule has 32 heavy (non-hydrogen) atoms. The summed E-state index contributed by atoms with van der Waals surface area (Å²) in [7, 11) is 0. The van der Waals surface area contributed by atoms with Crippen LogP contribution in [0.1, 0.15) is 48.9 Å². The Morgan fingerprint density at radius 2 is 2.03 bits per heavy atom. The first-order valence-electron chi connectivity index (χ1n) is 11.0. The Morgan fingerprint density at radius 3 is 2.69 bits per heavy atom. The van der Waals surface area contributed by atoms with Crippen molar-refractivity contribution in [2.45, 2.75) is 45.3 Å². The summed E-state index contributed by atoms with van der Waals surface area (Å²) in [5.41, 5.74) is 2.12. The van der Waals surface area contributed by atoms with Crippen molar-refractivity contribution in [3.05, 3.63) is 65.0 Å². The fourth-order valence-corrected chi connectivity index (χ4v) is 4.29. The molecule has 7 nitrogen and oxygen atoms in total. The largest absolute Gasteiger partial charge is 0.507 e. The molecular weight excluding hydrogens is 408 g/mol. The van der Waals surface area contributed by atoms with Crippen LogP contribution in [0.2, 0.25) is 0 Å². The van der Waals surface area contributed by atoms with Gasteiger partial charge in [0.2, 0.25) is 0 Å². The molecule has 2 aliphatic heterocycles. The normalized spacial score (nSPS) is 22.5. The minimum Gasteiger partial charge on any atom is -0.507 e. The molecule has 2 saturated heterocycles. The Balaban J connectivity index is 1.76. The number of ketones is 1. The van der Waals surface area contributed by atoms with Gasteiger partial charge in [-0.15, -0.1) is 0 Å². The van der Waals surface area contributed by atoms with Gasteiger partial charge >= 0.3 is 0 Å². The lowest BCUT2D eigenvalue weighted by molar-refractivity contribution is -0.140. The zero-order valence-corrected chi connectivity index (χ0v) is 18.4. The van der Waals surface area contributed by atoms with Crippen LogP contribution in [-0.4, -0.2) is 52.5 Å². The zero-order chi connectivity index (χ0) is 22.7. The van der Waals surface area contributed by atoms with Crippen LogP contribution in [0.4, 0.5) is 0 Å². The monoisotopic (exact) mass is 436 g/mol. The highest BCUT2D eigenvalue weighted by atomic mass is 16.5. The van der Waals surface area contributed by atoms with Crippen LogP contribution in [0.25, 0.3) is 5.76 Å². The number of ether oxygens (including phenoxy) is 2. The quantitative estimate of drug-likeness (QED) is 0.404. The van der Waals surface area contributed by atoms with Gasteiger partial charge < -0.3 is 19.5 Å². The number of hydrogen-bond donors (Lipinski definition) is 1. The van der Waals surface area contributed by atoms with Gasteiger partial charge in [-0.2, -0.15) is 0 Å². The molecule has 0 radical (unpaired) electrons. The molecule has 0 aliphatic carbocycles. The van der Waals surface area contributed by atoms with Crippen molar-refractivity contribution >= 4 is 17.4 Å². The van der Waals surface area contributed by atoms with E-state index in [0.717, 1.165) is 36.1 Å². The predicted molar refractivity (Wildman–Crippen MR) is 119 cm³/mol. The third kappa shape index (κ3) is 4.25. The summed E-state index contributed by atoms with van der Waals surface area (Å²) in [4.78, 5) is 31.7. The molecule has 2 fully saturated rings. The van der Waals surface area contributed by atoms with Crippen LogP contribution in [0.3, 0.4) is 0 Å². The van der Waals surface area contributed by atoms with E-state index in [9.17, 15) is 14.7 Å². The summed E-state index contributed by atoms with van der Waals surface area (Å²) in [6.07, 6.45) is 5.78. The molecule has 0 saturated carbocycles. The third-order valence-electron chi connectivity index (χ3n) is 5.90. The summed E-state index contributed by atoms with van der Waals surface area (Å²) >= 11 is 0. The maximum atomic E-state index is 13.1. The smallest absolute Gasteiger partial charge is 0.295 e. The number of likely N-dealkylation sites (tertiary alicyclic amines) is 1. The highest BCUT2D eigenvalue weighted by Crippen LogP contribution is 2.40. The number of Topliss-reactive ketones (excluding diaryl/α,β-unsaturated/α-hetero) is 1. The van der Waals surface area contributed by atoms with E-state index in [2.05, 4.69) is 4.98 Å². The molecule has 2 aliphatic rings. The Kier molecular flexibility index (Phi) is 6.55. The lowest BCUT2D eigenvalue weighted by atomic mass is 9.95. The van der Waals surface area contributed by atoms with Crippen LogP contribution >= 0.6 is 0 Å². The molecule has 1 N–H and O–H groups in total. The Labute approximate surface area is 187 Å². The molecule has 3 heterocycles. The van der Waals surface area contributed by atoms with E-state index >= 15 is 0 Å². The van der Waals surface area contributed by atoms with Crippen LogP contribution in [0.5, 0.6) is 5.75 Å². The van der Waals surface area contributed by atoms with Gasteiger partial charge in [0.15, 0.2) is 0 Å². The summed E-state index contributed by atoms with van der Waals surface area (Å²) in [5.74, 6) is -0.771. The highest BCUT2D eigenvalue weighted by Gasteiger charge is 2.47. The van der Waals surface area contributed by atoms with Gasteiger partial charge in [-0.1, -0.05) is 6.92 Å². The van der Waals surface area contributed by atoms with Gasteiger partial charge in [0, 0.05) is 31.1 Å². The second-order valence-corrected chi connectivity index (χ2v) is 8.20. The fourth-order valence-electron chi connectivity index (χ4n) is 4.29. The predicted octanol–water partition coefficient (Wildman–Crippen LogP) is 3.78. The molecule has 4 rings (SSSR count). The number of benzene rings is 1. The molecule has 1 aromatic heterocycles. The number of pyridine rings is 1. The number of amides is 1. The second kappa shape index (κ2) is 9.53. The first kappa shape index (κ1) is 22.0. The molecule has 7 heteroatoms. The number of aromatic nitrogens is 1. The van der Waals surface area contributed by atoms with Crippen molar-refractivity contribution < 1.29 is 24.2 Å². The second-order valence-electron chi connectivity index (χ2n) is 8.20. The zero-order valence-electron chi connectivity index (χ0n) is 18.4. The first-order chi connectivity index (χ1) is 15.5. The number of carbonyl (C=O) groups excluding carboxylic acids is 2. The van der Waals surface area contributed by atoms with Gasteiger partial charge in [-0.25, -0.2) is 0 Å². The number of nitrogens with zero attached hydrogens (tertiary/aromatic N) is 2. The molecule has 0 bridgehead atoms. The number of hydrogen-bond acceptors (Lipinski definition) is 6. The molecule has 1 aromatic carbocycles. The maximum Gasteiger partial charge on any atom is 0.295 e. The van der Waals surface area contributed by atoms with Gasteiger partial charge in [0.1, 0.15) is 11.5 Å². The summed E-state index contributed by atoms with van der Waals surface area (Å²) in [5, 5.41) is 11.2. The topological polar surface area (TPSA) is 89.0 Å². The molecular formula is C25H28N2O5. The standard InChI is InChI=1S/C25H28N2O5/c1-3-12-32-20-7-6-18(14-16(20)2)23(28)21-22(17-8-10-26-11-9-17)27(25(30)24(21)29)15-19-5-4-13-31-19/h6-11,14,19,22,28H,3-5,12-13,15H2,1-2H3/b23-21-. The first-order valence-corrected chi connectivity index (χ1v) is 11.0. The Morgan fingerprint density at radius 1 is 1.25 bits per heavy atom. The molecule has 0 spiro atoms. The minimum atomic E-state index is -0.696. The van der Waals surface area contributed by atoms with E-state index in [-0.39, 0.29) is 17.4 Å². The van der Waals surface area contributed by atoms with Crippen molar-refractivity contribution in [3.8, 4) is 5.75 Å². The van der Waals surface area contributed by atoms with Crippen molar-refractivity contribution in [2.75, 3.05) is 19.8 Å². The average molecular weight is 437 g/mol. The van der Waals surface area contributed by atoms with Gasteiger partial charge in [-0.05, 0) is 67.6 Å². The van der Waals surface area contributed by atoms with E-state index in [4.69, 9.17) is 9.47 Å². The van der Waals surface area contributed by atoms with Crippen LogP contribution in [-0.2, 0) is 14.3 Å². The van der Waals surface area contributed by atoms with Crippen molar-refractivity contribution in [2.24, 2.45) is 0 Å². The Hall–Kier alpha value is -3.19. The number of aliphatic hydroxyl groups is 1. The summed E-state index contributed by atoms with van der Waals surface area (Å²) in [6, 6.07) is 8.10. The molecule has 2 aromatic rings. The highest BCUT2D eigenvalue weighted by molar-refractivity contribution is 6.46. The van der Waals surface area contributed by atoms with Crippen LogP contribution < -0.4 is 4.74 Å². The van der Waals surface area contributed by atoms with E-state index < -0.39 is 17.7 Å². The average Bonchev–Trinajstić information content (AvgIpc) is 3.41. The fraction of sp³-hybridized carbons (Fsp3) is 0.400. The minimum absolute atomic E-state index is 0.0841. The van der Waals surface area contributed by atoms with Gasteiger partial charge in [0.05, 0.1) is 24.3 Å². The van der Waals surface area contributed by atoms with Gasteiger partial charge in [-0.3, -0.25) is 14.6 Å². The lowest BCUT2D eigenvalue weighted by Gasteiger charge is -2.27. The summed E-state index contributed by atoms with van der Waals surface area (Å²) < 4.78 is 11.4. The Bertz CT molecular complexity index is 1030. The van der Waals surface area contributed by atoms with Crippen molar-refractivity contribution in [1.82, 2.24) is 9.88 Å². The molecule has 2 unspecified atom stereocenters. The van der Waals surface area contributed by atoms with E-state index in [0.29, 0.717) is 25.3 Å². The number of aryl methyl sites for hydroxylation is 1. The van der Waals surface area contributed by atoms with Crippen molar-refractivity contribution in [1.29, 1.82) is 0 Å². The third-order valence-corrected chi connectivity index (χ3v) is 5.90. The molecule has 1 amide bonds. The summed E-state index contributed by atoms with van der Waals surface area (Å²) in [6.45, 7) is 5.47. The van der Waals surface area contributed by atoms with Crippen LogP contribution in [0.15, 0.2) is 48.3 Å². The van der Waals surface area contributed by atoms with Crippen molar-refractivity contribution in [3.63, 3.8) is 0 Å². The maximum absolute atomic E-state index is 13.1. The van der Waals surface area contributed by atoms with E-state index in [1.807, 2.05) is 13.8 Å². The van der Waals surface area contributed by atoms with Gasteiger partial charge in [0.25, 0.3) is 11.7 Å². The van der Waals surface area contributed by atoms with Crippen LogP contribution in [0, 0.1) is 6.92 Å². The number of rotatable bonds is 7. The SMILES string of the molecule is CCCOc1ccc(/C(O)=C2/C(=O)C(=O)N(CC3CCCO3)C2c2ccncc2)cc1C. The van der Waals surface area contributed by atoms with E-state index in [1.165, 1.54) is 4.90 Å². The van der Waals surface area contributed by atoms with E-state index in [1.54, 1.807) is 42.7 Å². The lowest BCUT2D eigenvalue weighted by Crippen LogP contribution is -2.36. The number of carbonyl (C=O) groups is 2. The molecule has 168 valence electrons. The molecule has 2 atom stereocenters. The number of aliphatic hydroxyl groups excluding tert-OH is 1.